The van der Waals surface area contributed by atoms with Crippen molar-refractivity contribution in [3.8, 4) is 0 Å². The zero-order valence-electron chi connectivity index (χ0n) is 25.5. The second-order valence-electron chi connectivity index (χ2n) is 10.5. The Morgan fingerprint density at radius 1 is 0.634 bits per heavy atom. The lowest BCUT2D eigenvalue weighted by atomic mass is 10.1. The lowest BCUT2D eigenvalue weighted by Crippen LogP contribution is -1.99. The third-order valence-corrected chi connectivity index (χ3v) is 11.1. The van der Waals surface area contributed by atoms with E-state index in [0.29, 0.717) is 13.2 Å². The Hall–Kier alpha value is -1.75. The maximum atomic E-state index is 13.3. The fourth-order valence-electron chi connectivity index (χ4n) is 4.82. The summed E-state index contributed by atoms with van der Waals surface area (Å²) >= 11 is 3.75. The SMILES string of the molecule is CCCCCCc1ccc(/C=C/c2cc(/C=C/c3ccc(CCCCCC)s3)cc(CP(=O)(OCC)OCC)c2)s1. The van der Waals surface area contributed by atoms with Gasteiger partial charge >= 0.3 is 7.60 Å². The van der Waals surface area contributed by atoms with Crippen molar-refractivity contribution in [2.45, 2.75) is 98.1 Å². The lowest BCUT2D eigenvalue weighted by molar-refractivity contribution is 0.219. The number of hydrogen-bond acceptors (Lipinski definition) is 5. The smallest absolute Gasteiger partial charge is 0.309 e. The average Bonchev–Trinajstić information content (AvgIpc) is 3.61. The second-order valence-corrected chi connectivity index (χ2v) is 15.0. The summed E-state index contributed by atoms with van der Waals surface area (Å²) in [7, 11) is -3.20. The molecule has 0 aliphatic rings. The Labute approximate surface area is 257 Å². The fourth-order valence-corrected chi connectivity index (χ4v) is 8.41. The van der Waals surface area contributed by atoms with E-state index in [4.69, 9.17) is 9.05 Å². The molecule has 41 heavy (non-hydrogen) atoms. The molecule has 0 saturated carbocycles. The molecule has 224 valence electrons. The summed E-state index contributed by atoms with van der Waals surface area (Å²) in [4.78, 5) is 5.43. The largest absolute Gasteiger partial charge is 0.335 e. The van der Waals surface area contributed by atoms with Crippen LogP contribution in [-0.4, -0.2) is 13.2 Å². The van der Waals surface area contributed by atoms with Crippen molar-refractivity contribution in [1.29, 1.82) is 0 Å². The molecule has 0 unspecified atom stereocenters. The summed E-state index contributed by atoms with van der Waals surface area (Å²) in [6.07, 6.45) is 21.6. The molecule has 0 aliphatic heterocycles. The zero-order chi connectivity index (χ0) is 29.3. The molecule has 0 fully saturated rings. The van der Waals surface area contributed by atoms with Gasteiger partial charge in [0, 0.05) is 19.5 Å². The van der Waals surface area contributed by atoms with E-state index in [0.717, 1.165) is 29.5 Å². The zero-order valence-corrected chi connectivity index (χ0v) is 28.1. The molecule has 3 nitrogen and oxygen atoms in total. The van der Waals surface area contributed by atoms with Crippen molar-refractivity contribution in [2.75, 3.05) is 13.2 Å². The highest BCUT2D eigenvalue weighted by Crippen LogP contribution is 2.51. The molecule has 0 atom stereocenters. The van der Waals surface area contributed by atoms with Crippen LogP contribution in [0.25, 0.3) is 24.3 Å². The number of aryl methyl sites for hydroxylation is 2. The first-order valence-electron chi connectivity index (χ1n) is 15.5. The maximum Gasteiger partial charge on any atom is 0.335 e. The van der Waals surface area contributed by atoms with Crippen LogP contribution >= 0.6 is 30.3 Å². The van der Waals surface area contributed by atoms with Crippen molar-refractivity contribution in [3.63, 3.8) is 0 Å². The number of thiophene rings is 2. The van der Waals surface area contributed by atoms with Crippen molar-refractivity contribution in [2.24, 2.45) is 0 Å². The van der Waals surface area contributed by atoms with Gasteiger partial charge in [0.1, 0.15) is 0 Å². The van der Waals surface area contributed by atoms with Gasteiger partial charge in [-0.15, -0.1) is 22.7 Å². The summed E-state index contributed by atoms with van der Waals surface area (Å²) in [6, 6.07) is 15.4. The molecule has 0 N–H and O–H groups in total. The predicted octanol–water partition coefficient (Wildman–Crippen LogP) is 12.2. The summed E-state index contributed by atoms with van der Waals surface area (Å²) in [5.41, 5.74) is 3.13. The molecular weight excluding hydrogens is 563 g/mol. The Morgan fingerprint density at radius 3 is 1.56 bits per heavy atom. The molecule has 3 aromatic rings. The van der Waals surface area contributed by atoms with Crippen LogP contribution in [0.4, 0.5) is 0 Å². The highest BCUT2D eigenvalue weighted by molar-refractivity contribution is 7.53. The first-order valence-corrected chi connectivity index (χ1v) is 18.9. The highest BCUT2D eigenvalue weighted by atomic mass is 32.1. The standard InChI is InChI=1S/C35H49O3PS2/c1-5-9-11-13-15-32-21-23-34(40-32)19-17-29-25-30(27-31(26-29)28-39(36,37-7-3)38-8-4)18-20-35-24-22-33(41-35)16-14-12-10-6-2/h17-27H,5-16,28H2,1-4H3/b19-17+,20-18+. The summed E-state index contributed by atoms with van der Waals surface area (Å²) < 4.78 is 24.6. The van der Waals surface area contributed by atoms with E-state index in [-0.39, 0.29) is 6.16 Å². The van der Waals surface area contributed by atoms with Gasteiger partial charge in [-0.2, -0.15) is 0 Å². The number of hydrogen-bond donors (Lipinski definition) is 0. The van der Waals surface area contributed by atoms with Crippen molar-refractivity contribution in [3.05, 3.63) is 78.7 Å². The van der Waals surface area contributed by atoms with E-state index < -0.39 is 7.60 Å². The predicted molar refractivity (Wildman–Crippen MR) is 183 cm³/mol. The van der Waals surface area contributed by atoms with Gasteiger partial charge in [0.25, 0.3) is 0 Å². The minimum absolute atomic E-state index is 0.263. The van der Waals surface area contributed by atoms with E-state index in [1.165, 1.54) is 70.9 Å². The van der Waals surface area contributed by atoms with Crippen LogP contribution < -0.4 is 0 Å². The molecule has 0 amide bonds. The van der Waals surface area contributed by atoms with E-state index in [1.807, 2.05) is 36.5 Å². The van der Waals surface area contributed by atoms with Gasteiger partial charge in [0.2, 0.25) is 0 Å². The van der Waals surface area contributed by atoms with Crippen molar-refractivity contribution < 1.29 is 13.6 Å². The van der Waals surface area contributed by atoms with Gasteiger partial charge in [-0.1, -0.05) is 76.7 Å². The summed E-state index contributed by atoms with van der Waals surface area (Å²) in [5, 5.41) is 0. The first kappa shape index (κ1) is 33.7. The molecule has 2 aromatic heterocycles. The number of benzene rings is 1. The van der Waals surface area contributed by atoms with Crippen LogP contribution in [0.1, 0.15) is 115 Å². The molecule has 2 heterocycles. The molecular formula is C35H49O3PS2. The molecule has 0 spiro atoms. The lowest BCUT2D eigenvalue weighted by Gasteiger charge is -2.17. The summed E-state index contributed by atoms with van der Waals surface area (Å²) in [5.74, 6) is 0. The van der Waals surface area contributed by atoms with Crippen molar-refractivity contribution >= 4 is 54.6 Å². The van der Waals surface area contributed by atoms with Gasteiger partial charge in [0.05, 0.1) is 19.4 Å². The van der Waals surface area contributed by atoms with Gasteiger partial charge in [0.15, 0.2) is 0 Å². The Bertz CT molecular complexity index is 1180. The monoisotopic (exact) mass is 612 g/mol. The summed E-state index contributed by atoms with van der Waals surface area (Å²) in [6.45, 7) is 8.95. The van der Waals surface area contributed by atoms with Crippen LogP contribution in [-0.2, 0) is 32.6 Å². The molecule has 0 saturated heterocycles. The van der Waals surface area contributed by atoms with Crippen molar-refractivity contribution in [1.82, 2.24) is 0 Å². The van der Waals surface area contributed by atoms with Gasteiger partial charge in [-0.3, -0.25) is 4.57 Å². The van der Waals surface area contributed by atoms with E-state index in [1.54, 1.807) is 0 Å². The van der Waals surface area contributed by atoms with Gasteiger partial charge in [-0.25, -0.2) is 0 Å². The third-order valence-electron chi connectivity index (χ3n) is 6.86. The van der Waals surface area contributed by atoms with Crippen LogP contribution in [0.3, 0.4) is 0 Å². The van der Waals surface area contributed by atoms with Crippen LogP contribution in [0.15, 0.2) is 42.5 Å². The van der Waals surface area contributed by atoms with E-state index >= 15 is 0 Å². The van der Waals surface area contributed by atoms with Crippen LogP contribution in [0.5, 0.6) is 0 Å². The van der Waals surface area contributed by atoms with Crippen LogP contribution in [0.2, 0.25) is 0 Å². The normalized spacial score (nSPS) is 12.3. The number of rotatable bonds is 20. The van der Waals surface area contributed by atoms with Gasteiger partial charge in [-0.05, 0) is 98.7 Å². The van der Waals surface area contributed by atoms with E-state index in [2.05, 4.69) is 80.6 Å². The Morgan fingerprint density at radius 2 is 1.12 bits per heavy atom. The molecule has 0 aliphatic carbocycles. The molecule has 3 rings (SSSR count). The Kier molecular flexibility index (Phi) is 15.4. The first-order chi connectivity index (χ1) is 20.0. The van der Waals surface area contributed by atoms with Crippen LogP contribution in [0, 0.1) is 0 Å². The molecule has 6 heteroatoms. The molecule has 0 radical (unpaired) electrons. The van der Waals surface area contributed by atoms with Gasteiger partial charge < -0.3 is 9.05 Å². The Balaban J connectivity index is 1.79. The minimum Gasteiger partial charge on any atom is -0.309 e. The average molecular weight is 613 g/mol. The molecule has 0 bridgehead atoms. The maximum absolute atomic E-state index is 13.3. The second kappa shape index (κ2) is 18.7. The number of unbranched alkanes of at least 4 members (excludes halogenated alkanes) is 6. The molecule has 1 aromatic carbocycles. The van der Waals surface area contributed by atoms with E-state index in [9.17, 15) is 4.57 Å². The highest BCUT2D eigenvalue weighted by Gasteiger charge is 2.24. The minimum atomic E-state index is -3.20. The fraction of sp³-hybridized carbons (Fsp3) is 0.486. The topological polar surface area (TPSA) is 35.5 Å². The third kappa shape index (κ3) is 12.6. The quantitative estimate of drug-likeness (QED) is 0.0940.